The molecule has 0 spiro atoms. The van der Waals surface area contributed by atoms with Gasteiger partial charge in [0.1, 0.15) is 5.58 Å². The van der Waals surface area contributed by atoms with Gasteiger partial charge in [0.15, 0.2) is 0 Å². The van der Waals surface area contributed by atoms with Gasteiger partial charge in [-0.2, -0.15) is 0 Å². The van der Waals surface area contributed by atoms with Gasteiger partial charge in [0.25, 0.3) is 0 Å². The van der Waals surface area contributed by atoms with E-state index in [0.29, 0.717) is 12.4 Å². The van der Waals surface area contributed by atoms with Gasteiger partial charge >= 0.3 is 5.97 Å². The number of benzene rings is 1. The Labute approximate surface area is 108 Å². The molecule has 0 radical (unpaired) electrons. The standard InChI is InChI=1S/C13H13BrO3/c1-9-10-5-2-3-6-11(10)17-12(9)13(15)16-8-4-7-14/h2-3,5-6H,4,7-8H2,1H3. The fourth-order valence-corrected chi connectivity index (χ4v) is 1.88. The molecule has 2 rings (SSSR count). The number of para-hydroxylation sites is 1. The van der Waals surface area contributed by atoms with Crippen molar-refractivity contribution in [3.8, 4) is 0 Å². The number of esters is 1. The van der Waals surface area contributed by atoms with E-state index in [1.54, 1.807) is 0 Å². The topological polar surface area (TPSA) is 39.4 Å². The monoisotopic (exact) mass is 296 g/mol. The first-order valence-electron chi connectivity index (χ1n) is 5.45. The Kier molecular flexibility index (Phi) is 3.84. The molecular weight excluding hydrogens is 284 g/mol. The van der Waals surface area contributed by atoms with Gasteiger partial charge in [-0.25, -0.2) is 4.79 Å². The molecule has 0 saturated heterocycles. The third-order valence-corrected chi connectivity index (χ3v) is 3.10. The summed E-state index contributed by atoms with van der Waals surface area (Å²) in [5, 5.41) is 1.78. The van der Waals surface area contributed by atoms with E-state index in [1.807, 2.05) is 31.2 Å². The number of furan rings is 1. The fraction of sp³-hybridized carbons (Fsp3) is 0.308. The summed E-state index contributed by atoms with van der Waals surface area (Å²) in [5.74, 6) is -0.0829. The highest BCUT2D eigenvalue weighted by Gasteiger charge is 2.18. The maximum Gasteiger partial charge on any atom is 0.374 e. The molecule has 4 heteroatoms. The lowest BCUT2D eigenvalue weighted by Crippen LogP contribution is -2.06. The van der Waals surface area contributed by atoms with Crippen LogP contribution in [0.1, 0.15) is 22.5 Å². The highest BCUT2D eigenvalue weighted by molar-refractivity contribution is 9.09. The number of carbonyl (C=O) groups excluding carboxylic acids is 1. The van der Waals surface area contributed by atoms with Crippen LogP contribution >= 0.6 is 15.9 Å². The molecule has 0 N–H and O–H groups in total. The predicted molar refractivity (Wildman–Crippen MR) is 69.6 cm³/mol. The lowest BCUT2D eigenvalue weighted by Gasteiger charge is -2.01. The second kappa shape index (κ2) is 5.36. The molecule has 90 valence electrons. The van der Waals surface area contributed by atoms with E-state index in [2.05, 4.69) is 15.9 Å². The summed E-state index contributed by atoms with van der Waals surface area (Å²) in [6.45, 7) is 2.27. The third-order valence-electron chi connectivity index (χ3n) is 2.54. The first kappa shape index (κ1) is 12.2. The van der Waals surface area contributed by atoms with Crippen molar-refractivity contribution >= 4 is 32.9 Å². The lowest BCUT2D eigenvalue weighted by atomic mass is 10.1. The summed E-state index contributed by atoms with van der Waals surface area (Å²) in [6.07, 6.45) is 0.797. The van der Waals surface area contributed by atoms with E-state index in [-0.39, 0.29) is 5.97 Å². The van der Waals surface area contributed by atoms with Gasteiger partial charge in [-0.15, -0.1) is 0 Å². The highest BCUT2D eigenvalue weighted by Crippen LogP contribution is 2.25. The van der Waals surface area contributed by atoms with Gasteiger partial charge in [0.2, 0.25) is 5.76 Å². The smallest absolute Gasteiger partial charge is 0.374 e. The van der Waals surface area contributed by atoms with E-state index in [9.17, 15) is 4.79 Å². The molecule has 1 heterocycles. The number of hydrogen-bond donors (Lipinski definition) is 0. The zero-order valence-electron chi connectivity index (χ0n) is 9.53. The van der Waals surface area contributed by atoms with Gasteiger partial charge in [0.05, 0.1) is 6.61 Å². The molecule has 2 aromatic rings. The van der Waals surface area contributed by atoms with Crippen LogP contribution in [0.25, 0.3) is 11.0 Å². The van der Waals surface area contributed by atoms with Gasteiger partial charge in [0, 0.05) is 16.3 Å². The largest absolute Gasteiger partial charge is 0.460 e. The number of halogens is 1. The number of rotatable bonds is 4. The quantitative estimate of drug-likeness (QED) is 0.491. The minimum Gasteiger partial charge on any atom is -0.460 e. The minimum atomic E-state index is -0.389. The number of ether oxygens (including phenoxy) is 1. The molecular formula is C13H13BrO3. The van der Waals surface area contributed by atoms with Gasteiger partial charge < -0.3 is 9.15 Å². The van der Waals surface area contributed by atoms with Crippen molar-refractivity contribution in [3.05, 3.63) is 35.6 Å². The molecule has 0 saturated carbocycles. The number of hydrogen-bond acceptors (Lipinski definition) is 3. The Balaban J connectivity index is 2.23. The Morgan fingerprint density at radius 1 is 1.41 bits per heavy atom. The van der Waals surface area contributed by atoms with E-state index in [0.717, 1.165) is 28.3 Å². The number of carbonyl (C=O) groups is 1. The van der Waals surface area contributed by atoms with Gasteiger partial charge in [-0.3, -0.25) is 0 Å². The molecule has 0 aliphatic heterocycles. The molecule has 3 nitrogen and oxygen atoms in total. The SMILES string of the molecule is Cc1c(C(=O)OCCCBr)oc2ccccc12. The first-order valence-corrected chi connectivity index (χ1v) is 6.57. The van der Waals surface area contributed by atoms with Gasteiger partial charge in [-0.05, 0) is 19.4 Å². The summed E-state index contributed by atoms with van der Waals surface area (Å²) >= 11 is 3.28. The van der Waals surface area contributed by atoms with E-state index in [4.69, 9.17) is 9.15 Å². The Hall–Kier alpha value is -1.29. The zero-order valence-corrected chi connectivity index (χ0v) is 11.1. The molecule has 0 amide bonds. The van der Waals surface area contributed by atoms with E-state index in [1.165, 1.54) is 0 Å². The summed E-state index contributed by atoms with van der Waals surface area (Å²) in [7, 11) is 0. The minimum absolute atomic E-state index is 0.306. The van der Waals surface area contributed by atoms with Crippen molar-refractivity contribution < 1.29 is 13.9 Å². The van der Waals surface area contributed by atoms with Crippen molar-refractivity contribution in [2.45, 2.75) is 13.3 Å². The molecule has 0 aliphatic carbocycles. The number of fused-ring (bicyclic) bond motifs is 1. The normalized spacial score (nSPS) is 10.7. The number of alkyl halides is 1. The third kappa shape index (κ3) is 2.52. The first-order chi connectivity index (χ1) is 8.24. The predicted octanol–water partition coefficient (Wildman–Crippen LogP) is 3.68. The molecule has 0 unspecified atom stereocenters. The van der Waals surface area contributed by atoms with Crippen molar-refractivity contribution in [3.63, 3.8) is 0 Å². The molecule has 0 bridgehead atoms. The second-order valence-corrected chi connectivity index (χ2v) is 4.52. The number of aryl methyl sites for hydroxylation is 1. The summed E-state index contributed by atoms with van der Waals surface area (Å²) in [6, 6.07) is 7.58. The Morgan fingerprint density at radius 2 is 2.18 bits per heavy atom. The molecule has 0 aliphatic rings. The van der Waals surface area contributed by atoms with Crippen molar-refractivity contribution in [1.29, 1.82) is 0 Å². The summed E-state index contributed by atoms with van der Waals surface area (Å²) < 4.78 is 10.6. The molecule has 0 fully saturated rings. The van der Waals surface area contributed by atoms with Crippen LogP contribution in [0.4, 0.5) is 0 Å². The van der Waals surface area contributed by atoms with Crippen LogP contribution in [0.2, 0.25) is 0 Å². The van der Waals surface area contributed by atoms with Crippen LogP contribution in [0.3, 0.4) is 0 Å². The lowest BCUT2D eigenvalue weighted by molar-refractivity contribution is 0.0472. The zero-order chi connectivity index (χ0) is 12.3. The summed E-state index contributed by atoms with van der Waals surface area (Å²) in [5.41, 5.74) is 1.56. The fourth-order valence-electron chi connectivity index (χ4n) is 1.65. The maximum atomic E-state index is 11.8. The maximum absolute atomic E-state index is 11.8. The van der Waals surface area contributed by atoms with Crippen LogP contribution < -0.4 is 0 Å². The van der Waals surface area contributed by atoms with Crippen molar-refractivity contribution in [1.82, 2.24) is 0 Å². The van der Waals surface area contributed by atoms with Crippen LogP contribution in [0, 0.1) is 6.92 Å². The summed E-state index contributed by atoms with van der Waals surface area (Å²) in [4.78, 5) is 11.8. The van der Waals surface area contributed by atoms with Gasteiger partial charge in [-0.1, -0.05) is 34.1 Å². The van der Waals surface area contributed by atoms with E-state index < -0.39 is 0 Å². The Morgan fingerprint density at radius 3 is 2.88 bits per heavy atom. The van der Waals surface area contributed by atoms with Crippen LogP contribution in [0.5, 0.6) is 0 Å². The van der Waals surface area contributed by atoms with Crippen LogP contribution in [0.15, 0.2) is 28.7 Å². The van der Waals surface area contributed by atoms with E-state index >= 15 is 0 Å². The Bertz CT molecular complexity index is 530. The molecule has 1 aromatic carbocycles. The molecule has 1 aromatic heterocycles. The molecule has 17 heavy (non-hydrogen) atoms. The second-order valence-electron chi connectivity index (χ2n) is 3.73. The average Bonchev–Trinajstić information content (AvgIpc) is 2.68. The van der Waals surface area contributed by atoms with Crippen LogP contribution in [-0.4, -0.2) is 17.9 Å². The highest BCUT2D eigenvalue weighted by atomic mass is 79.9. The van der Waals surface area contributed by atoms with Crippen molar-refractivity contribution in [2.24, 2.45) is 0 Å². The molecule has 0 atom stereocenters. The average molecular weight is 297 g/mol. The van der Waals surface area contributed by atoms with Crippen molar-refractivity contribution in [2.75, 3.05) is 11.9 Å². The van der Waals surface area contributed by atoms with Crippen LogP contribution in [-0.2, 0) is 4.74 Å².